The molecule has 16 heavy (non-hydrogen) atoms. The molecule has 1 aliphatic rings. The number of carboxylic acid groups (broad SMARTS) is 1. The molecule has 1 saturated carbocycles. The fourth-order valence-electron chi connectivity index (χ4n) is 1.72. The molecule has 0 aromatic heterocycles. The SMILES string of the molecule is CCC1CC1NC(=O)N(C)CC(C)C(=O)O. The predicted octanol–water partition coefficient (Wildman–Crippen LogP) is 1.15. The Morgan fingerprint density at radius 2 is 2.19 bits per heavy atom. The van der Waals surface area contributed by atoms with E-state index in [1.165, 1.54) is 4.90 Å². The summed E-state index contributed by atoms with van der Waals surface area (Å²) in [7, 11) is 1.62. The summed E-state index contributed by atoms with van der Waals surface area (Å²) in [6.45, 7) is 3.94. The van der Waals surface area contributed by atoms with E-state index in [4.69, 9.17) is 5.11 Å². The van der Waals surface area contributed by atoms with Crippen molar-refractivity contribution < 1.29 is 14.7 Å². The summed E-state index contributed by atoms with van der Waals surface area (Å²) < 4.78 is 0. The molecule has 1 fully saturated rings. The number of aliphatic carboxylic acids is 1. The van der Waals surface area contributed by atoms with Gasteiger partial charge in [-0.05, 0) is 12.3 Å². The molecule has 0 radical (unpaired) electrons. The number of hydrogen-bond donors (Lipinski definition) is 2. The van der Waals surface area contributed by atoms with Crippen LogP contribution in [0.25, 0.3) is 0 Å². The highest BCUT2D eigenvalue weighted by Gasteiger charge is 2.37. The first-order valence-electron chi connectivity index (χ1n) is 5.70. The van der Waals surface area contributed by atoms with Gasteiger partial charge < -0.3 is 15.3 Å². The van der Waals surface area contributed by atoms with Crippen LogP contribution in [0.5, 0.6) is 0 Å². The van der Waals surface area contributed by atoms with Crippen molar-refractivity contribution in [3.8, 4) is 0 Å². The zero-order valence-corrected chi connectivity index (χ0v) is 10.1. The van der Waals surface area contributed by atoms with Gasteiger partial charge in [0.15, 0.2) is 0 Å². The number of carbonyl (C=O) groups excluding carboxylic acids is 1. The van der Waals surface area contributed by atoms with Crippen molar-refractivity contribution >= 4 is 12.0 Å². The van der Waals surface area contributed by atoms with E-state index >= 15 is 0 Å². The summed E-state index contributed by atoms with van der Waals surface area (Å²) in [6, 6.07) is 0.120. The maximum Gasteiger partial charge on any atom is 0.317 e. The average molecular weight is 228 g/mol. The van der Waals surface area contributed by atoms with E-state index in [1.54, 1.807) is 14.0 Å². The number of rotatable bonds is 5. The van der Waals surface area contributed by atoms with Gasteiger partial charge >= 0.3 is 12.0 Å². The van der Waals surface area contributed by atoms with E-state index < -0.39 is 11.9 Å². The number of amides is 2. The summed E-state index contributed by atoms with van der Waals surface area (Å²) in [5.41, 5.74) is 0. The molecular formula is C11H20N2O3. The maximum atomic E-state index is 11.6. The Morgan fingerprint density at radius 3 is 2.62 bits per heavy atom. The van der Waals surface area contributed by atoms with Crippen LogP contribution in [0.4, 0.5) is 4.79 Å². The van der Waals surface area contributed by atoms with Gasteiger partial charge in [0.25, 0.3) is 0 Å². The Morgan fingerprint density at radius 1 is 1.56 bits per heavy atom. The second-order valence-corrected chi connectivity index (χ2v) is 4.58. The first-order chi connectivity index (χ1) is 7.45. The Bertz CT molecular complexity index is 280. The van der Waals surface area contributed by atoms with Crippen LogP contribution >= 0.6 is 0 Å². The molecule has 0 spiro atoms. The quantitative estimate of drug-likeness (QED) is 0.741. The summed E-state index contributed by atoms with van der Waals surface area (Å²) in [4.78, 5) is 23.7. The highest BCUT2D eigenvalue weighted by atomic mass is 16.4. The molecule has 5 heteroatoms. The summed E-state index contributed by atoms with van der Waals surface area (Å²) in [6.07, 6.45) is 2.13. The van der Waals surface area contributed by atoms with Crippen LogP contribution in [-0.4, -0.2) is 41.6 Å². The zero-order valence-electron chi connectivity index (χ0n) is 10.1. The Labute approximate surface area is 95.8 Å². The van der Waals surface area contributed by atoms with Crippen molar-refractivity contribution in [3.63, 3.8) is 0 Å². The standard InChI is InChI=1S/C11H20N2O3/c1-4-8-5-9(8)12-11(16)13(3)6-7(2)10(14)15/h7-9H,4-6H2,1-3H3,(H,12,16)(H,14,15). The van der Waals surface area contributed by atoms with Gasteiger partial charge in [0.05, 0.1) is 5.92 Å². The van der Waals surface area contributed by atoms with Gasteiger partial charge in [0, 0.05) is 19.6 Å². The third-order valence-corrected chi connectivity index (χ3v) is 3.07. The second kappa shape index (κ2) is 5.18. The third kappa shape index (κ3) is 3.40. The molecule has 1 rings (SSSR count). The van der Waals surface area contributed by atoms with Crippen LogP contribution in [0, 0.1) is 11.8 Å². The molecular weight excluding hydrogens is 208 g/mol. The summed E-state index contributed by atoms with van der Waals surface area (Å²) in [5.74, 6) is -0.802. The fraction of sp³-hybridized carbons (Fsp3) is 0.818. The lowest BCUT2D eigenvalue weighted by Crippen LogP contribution is -2.42. The zero-order chi connectivity index (χ0) is 12.3. The van der Waals surface area contributed by atoms with Crippen LogP contribution in [0.15, 0.2) is 0 Å². The van der Waals surface area contributed by atoms with E-state index in [2.05, 4.69) is 12.2 Å². The Kier molecular flexibility index (Phi) is 4.15. The van der Waals surface area contributed by atoms with Crippen molar-refractivity contribution in [2.75, 3.05) is 13.6 Å². The van der Waals surface area contributed by atoms with Crippen LogP contribution < -0.4 is 5.32 Å². The highest BCUT2D eigenvalue weighted by Crippen LogP contribution is 2.33. The highest BCUT2D eigenvalue weighted by molar-refractivity contribution is 5.76. The molecule has 0 aliphatic heterocycles. The van der Waals surface area contributed by atoms with Crippen molar-refractivity contribution in [1.82, 2.24) is 10.2 Å². The Balaban J connectivity index is 2.28. The molecule has 1 aliphatic carbocycles. The first-order valence-corrected chi connectivity index (χ1v) is 5.70. The van der Waals surface area contributed by atoms with Gasteiger partial charge in [-0.25, -0.2) is 4.79 Å². The molecule has 2 amide bonds. The number of urea groups is 1. The molecule has 0 aromatic carbocycles. The van der Waals surface area contributed by atoms with E-state index in [0.717, 1.165) is 12.8 Å². The number of hydrogen-bond acceptors (Lipinski definition) is 2. The normalized spacial score (nSPS) is 24.7. The van der Waals surface area contributed by atoms with Crippen molar-refractivity contribution in [2.45, 2.75) is 32.7 Å². The molecule has 92 valence electrons. The molecule has 3 unspecified atom stereocenters. The summed E-state index contributed by atoms with van der Waals surface area (Å²) >= 11 is 0. The number of nitrogens with zero attached hydrogens (tertiary/aromatic N) is 1. The molecule has 3 atom stereocenters. The van der Waals surface area contributed by atoms with Crippen molar-refractivity contribution in [2.24, 2.45) is 11.8 Å². The minimum atomic E-state index is -0.877. The predicted molar refractivity (Wildman–Crippen MR) is 60.1 cm³/mol. The molecule has 0 aromatic rings. The average Bonchev–Trinajstić information content (AvgIpc) is 2.95. The molecule has 2 N–H and O–H groups in total. The molecule has 5 nitrogen and oxygen atoms in total. The maximum absolute atomic E-state index is 11.6. The van der Waals surface area contributed by atoms with Crippen molar-refractivity contribution in [3.05, 3.63) is 0 Å². The van der Waals surface area contributed by atoms with Gasteiger partial charge in [0.2, 0.25) is 0 Å². The van der Waals surface area contributed by atoms with Gasteiger partial charge in [-0.15, -0.1) is 0 Å². The largest absolute Gasteiger partial charge is 0.481 e. The third-order valence-electron chi connectivity index (χ3n) is 3.07. The van der Waals surface area contributed by atoms with Crippen LogP contribution in [-0.2, 0) is 4.79 Å². The van der Waals surface area contributed by atoms with E-state index in [9.17, 15) is 9.59 Å². The van der Waals surface area contributed by atoms with Crippen LogP contribution in [0.1, 0.15) is 26.7 Å². The smallest absolute Gasteiger partial charge is 0.317 e. The first kappa shape index (κ1) is 12.8. The van der Waals surface area contributed by atoms with Crippen LogP contribution in [0.2, 0.25) is 0 Å². The molecule has 0 saturated heterocycles. The fourth-order valence-corrected chi connectivity index (χ4v) is 1.72. The van der Waals surface area contributed by atoms with Crippen LogP contribution in [0.3, 0.4) is 0 Å². The molecule has 0 bridgehead atoms. The minimum absolute atomic E-state index is 0.172. The molecule has 0 heterocycles. The topological polar surface area (TPSA) is 69.6 Å². The van der Waals surface area contributed by atoms with Gasteiger partial charge in [0.1, 0.15) is 0 Å². The van der Waals surface area contributed by atoms with E-state index in [0.29, 0.717) is 12.0 Å². The van der Waals surface area contributed by atoms with E-state index in [-0.39, 0.29) is 12.6 Å². The van der Waals surface area contributed by atoms with Gasteiger partial charge in [-0.1, -0.05) is 20.3 Å². The summed E-state index contributed by atoms with van der Waals surface area (Å²) in [5, 5.41) is 11.6. The number of carboxylic acids is 1. The lowest BCUT2D eigenvalue weighted by molar-refractivity contribution is -0.141. The number of nitrogens with one attached hydrogen (secondary N) is 1. The van der Waals surface area contributed by atoms with Gasteiger partial charge in [-0.3, -0.25) is 4.79 Å². The van der Waals surface area contributed by atoms with Crippen molar-refractivity contribution in [1.29, 1.82) is 0 Å². The number of carbonyl (C=O) groups is 2. The Hall–Kier alpha value is -1.26. The van der Waals surface area contributed by atoms with E-state index in [1.807, 2.05) is 0 Å². The minimum Gasteiger partial charge on any atom is -0.481 e. The monoisotopic (exact) mass is 228 g/mol. The second-order valence-electron chi connectivity index (χ2n) is 4.58. The van der Waals surface area contributed by atoms with Gasteiger partial charge in [-0.2, -0.15) is 0 Å². The lowest BCUT2D eigenvalue weighted by Gasteiger charge is -2.20. The lowest BCUT2D eigenvalue weighted by atomic mass is 10.2.